The molecule has 0 aromatic heterocycles. The van der Waals surface area contributed by atoms with Crippen LogP contribution in [0.1, 0.15) is 41.6 Å². The van der Waals surface area contributed by atoms with Gasteiger partial charge in [0.05, 0.1) is 5.56 Å². The largest absolute Gasteiger partial charge is 0.336 e. The minimum absolute atomic E-state index is 0.184. The third-order valence-electron chi connectivity index (χ3n) is 3.66. The zero-order valence-corrected chi connectivity index (χ0v) is 11.9. The SMILES string of the molecule is Cc1ccc(C(=O)N2CCCC2CCCCl)c(F)c1. The van der Waals surface area contributed by atoms with E-state index in [4.69, 9.17) is 11.6 Å². The summed E-state index contributed by atoms with van der Waals surface area (Å²) in [6.45, 7) is 2.54. The Morgan fingerprint density at radius 1 is 1.53 bits per heavy atom. The Hall–Kier alpha value is -1.09. The summed E-state index contributed by atoms with van der Waals surface area (Å²) in [4.78, 5) is 14.2. The normalized spacial score (nSPS) is 18.9. The van der Waals surface area contributed by atoms with Crippen molar-refractivity contribution in [3.8, 4) is 0 Å². The van der Waals surface area contributed by atoms with Gasteiger partial charge in [-0.25, -0.2) is 4.39 Å². The summed E-state index contributed by atoms with van der Waals surface area (Å²) < 4.78 is 13.9. The Bertz CT molecular complexity index is 463. The molecule has 0 N–H and O–H groups in total. The molecule has 1 heterocycles. The molecule has 4 heteroatoms. The van der Waals surface area contributed by atoms with E-state index in [-0.39, 0.29) is 17.5 Å². The lowest BCUT2D eigenvalue weighted by molar-refractivity contribution is 0.0725. The smallest absolute Gasteiger partial charge is 0.257 e. The van der Waals surface area contributed by atoms with E-state index in [2.05, 4.69) is 0 Å². The third-order valence-corrected chi connectivity index (χ3v) is 3.93. The summed E-state index contributed by atoms with van der Waals surface area (Å²) in [6.07, 6.45) is 3.79. The van der Waals surface area contributed by atoms with Crippen LogP contribution in [0.5, 0.6) is 0 Å². The third kappa shape index (κ3) is 3.27. The highest BCUT2D eigenvalue weighted by Crippen LogP contribution is 2.24. The molecule has 1 aliphatic rings. The van der Waals surface area contributed by atoms with Crippen LogP contribution in [0.2, 0.25) is 0 Å². The summed E-state index contributed by atoms with van der Waals surface area (Å²) >= 11 is 5.70. The zero-order valence-electron chi connectivity index (χ0n) is 11.2. The summed E-state index contributed by atoms with van der Waals surface area (Å²) in [7, 11) is 0. The molecule has 0 saturated carbocycles. The molecule has 0 bridgehead atoms. The van der Waals surface area contributed by atoms with E-state index in [1.807, 2.05) is 6.92 Å². The van der Waals surface area contributed by atoms with Crippen molar-refractivity contribution in [1.29, 1.82) is 0 Å². The van der Waals surface area contributed by atoms with Gasteiger partial charge in [0.1, 0.15) is 5.82 Å². The van der Waals surface area contributed by atoms with Crippen LogP contribution in [0, 0.1) is 12.7 Å². The maximum absolute atomic E-state index is 13.9. The molecule has 0 aliphatic carbocycles. The molecule has 104 valence electrons. The van der Waals surface area contributed by atoms with Crippen molar-refractivity contribution in [1.82, 2.24) is 4.90 Å². The summed E-state index contributed by atoms with van der Waals surface area (Å²) in [6, 6.07) is 4.99. The Morgan fingerprint density at radius 3 is 3.00 bits per heavy atom. The van der Waals surface area contributed by atoms with Crippen LogP contribution in [0.4, 0.5) is 4.39 Å². The number of halogens is 2. The fourth-order valence-corrected chi connectivity index (χ4v) is 2.82. The minimum Gasteiger partial charge on any atom is -0.336 e. The van der Waals surface area contributed by atoms with Gasteiger partial charge >= 0.3 is 0 Å². The standard InChI is InChI=1S/C15H19ClFNO/c1-11-6-7-13(14(17)10-11)15(19)18-9-3-5-12(18)4-2-8-16/h6-7,10,12H,2-5,8-9H2,1H3. The Labute approximate surface area is 118 Å². The topological polar surface area (TPSA) is 20.3 Å². The first kappa shape index (κ1) is 14.3. The van der Waals surface area contributed by atoms with Gasteiger partial charge in [-0.1, -0.05) is 6.07 Å². The molecular formula is C15H19ClFNO. The van der Waals surface area contributed by atoms with E-state index in [9.17, 15) is 9.18 Å². The van der Waals surface area contributed by atoms with Gasteiger partial charge in [0, 0.05) is 18.5 Å². The number of hydrogen-bond donors (Lipinski definition) is 0. The van der Waals surface area contributed by atoms with Crippen molar-refractivity contribution in [2.75, 3.05) is 12.4 Å². The maximum atomic E-state index is 13.9. The first-order valence-corrected chi connectivity index (χ1v) is 7.30. The molecule has 1 atom stereocenters. The molecule has 1 fully saturated rings. The number of hydrogen-bond acceptors (Lipinski definition) is 1. The van der Waals surface area contributed by atoms with Crippen molar-refractivity contribution in [3.63, 3.8) is 0 Å². The number of carbonyl (C=O) groups excluding carboxylic acids is 1. The van der Waals surface area contributed by atoms with Crippen LogP contribution in [0.25, 0.3) is 0 Å². The number of benzene rings is 1. The highest BCUT2D eigenvalue weighted by Gasteiger charge is 2.30. The second kappa shape index (κ2) is 6.38. The van der Waals surface area contributed by atoms with Crippen molar-refractivity contribution < 1.29 is 9.18 Å². The molecule has 1 aliphatic heterocycles. The zero-order chi connectivity index (χ0) is 13.8. The highest BCUT2D eigenvalue weighted by atomic mass is 35.5. The minimum atomic E-state index is -0.423. The average molecular weight is 284 g/mol. The van der Waals surface area contributed by atoms with Crippen LogP contribution < -0.4 is 0 Å². The number of rotatable bonds is 4. The molecular weight excluding hydrogens is 265 g/mol. The average Bonchev–Trinajstić information content (AvgIpc) is 2.83. The van der Waals surface area contributed by atoms with Gasteiger partial charge in [0.2, 0.25) is 0 Å². The van der Waals surface area contributed by atoms with Crippen LogP contribution >= 0.6 is 11.6 Å². The molecule has 2 rings (SSSR count). The highest BCUT2D eigenvalue weighted by molar-refractivity contribution is 6.17. The van der Waals surface area contributed by atoms with Crippen LogP contribution in [0.15, 0.2) is 18.2 Å². The van der Waals surface area contributed by atoms with Gasteiger partial charge in [-0.15, -0.1) is 11.6 Å². The van der Waals surface area contributed by atoms with Crippen LogP contribution in [0.3, 0.4) is 0 Å². The fraction of sp³-hybridized carbons (Fsp3) is 0.533. The molecule has 1 unspecified atom stereocenters. The number of carbonyl (C=O) groups is 1. The quantitative estimate of drug-likeness (QED) is 0.771. The van der Waals surface area contributed by atoms with E-state index >= 15 is 0 Å². The van der Waals surface area contributed by atoms with Gasteiger partial charge < -0.3 is 4.90 Å². The van der Waals surface area contributed by atoms with Gasteiger partial charge in [0.25, 0.3) is 5.91 Å². The molecule has 0 radical (unpaired) electrons. The molecule has 2 nitrogen and oxygen atoms in total. The lowest BCUT2D eigenvalue weighted by Crippen LogP contribution is -2.36. The van der Waals surface area contributed by atoms with E-state index < -0.39 is 5.82 Å². The van der Waals surface area contributed by atoms with Crippen LogP contribution in [-0.2, 0) is 0 Å². The van der Waals surface area contributed by atoms with E-state index in [1.54, 1.807) is 17.0 Å². The number of alkyl halides is 1. The van der Waals surface area contributed by atoms with E-state index in [0.29, 0.717) is 5.88 Å². The predicted molar refractivity (Wildman–Crippen MR) is 75.1 cm³/mol. The molecule has 0 spiro atoms. The number of amides is 1. The van der Waals surface area contributed by atoms with Gasteiger partial charge in [-0.05, 0) is 50.3 Å². The van der Waals surface area contributed by atoms with Gasteiger partial charge in [0.15, 0.2) is 0 Å². The second-order valence-electron chi connectivity index (χ2n) is 5.11. The Morgan fingerprint density at radius 2 is 2.32 bits per heavy atom. The monoisotopic (exact) mass is 283 g/mol. The van der Waals surface area contributed by atoms with E-state index in [1.165, 1.54) is 6.07 Å². The number of nitrogens with zero attached hydrogens (tertiary/aromatic N) is 1. The van der Waals surface area contributed by atoms with E-state index in [0.717, 1.165) is 37.8 Å². The number of likely N-dealkylation sites (tertiary alicyclic amines) is 1. The second-order valence-corrected chi connectivity index (χ2v) is 5.49. The Kier molecular flexibility index (Phi) is 4.81. The molecule has 1 saturated heterocycles. The summed E-state index contributed by atoms with van der Waals surface area (Å²) in [5, 5.41) is 0. The Balaban J connectivity index is 2.13. The summed E-state index contributed by atoms with van der Waals surface area (Å²) in [5.74, 6) is -0.000181. The van der Waals surface area contributed by atoms with Gasteiger partial charge in [-0.3, -0.25) is 4.79 Å². The first-order chi connectivity index (χ1) is 9.13. The predicted octanol–water partition coefficient (Wildman–Crippen LogP) is 3.76. The van der Waals surface area contributed by atoms with Crippen molar-refractivity contribution >= 4 is 17.5 Å². The molecule has 1 amide bonds. The maximum Gasteiger partial charge on any atom is 0.257 e. The van der Waals surface area contributed by atoms with Crippen molar-refractivity contribution in [2.45, 2.75) is 38.6 Å². The molecule has 19 heavy (non-hydrogen) atoms. The summed E-state index contributed by atoms with van der Waals surface area (Å²) in [5.41, 5.74) is 1.01. The first-order valence-electron chi connectivity index (χ1n) is 6.76. The fourth-order valence-electron chi connectivity index (χ4n) is 2.66. The number of aryl methyl sites for hydroxylation is 1. The lowest BCUT2D eigenvalue weighted by atomic mass is 10.1. The molecule has 1 aromatic carbocycles. The van der Waals surface area contributed by atoms with Gasteiger partial charge in [-0.2, -0.15) is 0 Å². The van der Waals surface area contributed by atoms with Crippen molar-refractivity contribution in [2.24, 2.45) is 0 Å². The van der Waals surface area contributed by atoms with Crippen LogP contribution in [-0.4, -0.2) is 29.3 Å². The molecule has 1 aromatic rings. The lowest BCUT2D eigenvalue weighted by Gasteiger charge is -2.25. The van der Waals surface area contributed by atoms with Crippen molar-refractivity contribution in [3.05, 3.63) is 35.1 Å².